The summed E-state index contributed by atoms with van der Waals surface area (Å²) in [5, 5.41) is 0.891. The molecule has 1 aromatic carbocycles. The van der Waals surface area contributed by atoms with Crippen LogP contribution in [0.2, 0.25) is 0 Å². The van der Waals surface area contributed by atoms with Gasteiger partial charge in [0.05, 0.1) is 6.33 Å². The van der Waals surface area contributed by atoms with Crippen molar-refractivity contribution in [2.24, 2.45) is 14.1 Å². The van der Waals surface area contributed by atoms with E-state index in [0.717, 1.165) is 16.6 Å². The molecule has 9 heteroatoms. The quantitative estimate of drug-likeness (QED) is 0.351. The van der Waals surface area contributed by atoms with Gasteiger partial charge in [-0.2, -0.15) is 0 Å². The lowest BCUT2D eigenvalue weighted by atomic mass is 10.1. The molecule has 0 aliphatic heterocycles. The number of hydrogen-bond donors (Lipinski definition) is 0. The molecule has 4 aromatic rings. The standard InChI is InChI=1S/C21H24N6O2S/c1-14-10-15(2)12-16(11-14)26-8-6-22-20(26)30-9-5-7-27-19(28)17-18(23-13-24(17)3)25(4)21(27)29/h6,8,10-13H,5,7,9H2,1-4H3. The molecule has 0 amide bonds. The lowest BCUT2D eigenvalue weighted by molar-refractivity contribution is 0.594. The third-order valence-electron chi connectivity index (χ3n) is 5.05. The molecule has 0 aliphatic carbocycles. The van der Waals surface area contributed by atoms with Gasteiger partial charge in [0.2, 0.25) is 0 Å². The average Bonchev–Trinajstić information content (AvgIpc) is 3.31. The fraction of sp³-hybridized carbons (Fsp3) is 0.333. The van der Waals surface area contributed by atoms with Crippen LogP contribution in [0.3, 0.4) is 0 Å². The summed E-state index contributed by atoms with van der Waals surface area (Å²) in [5.41, 5.74) is 3.71. The Morgan fingerprint density at radius 1 is 1.03 bits per heavy atom. The van der Waals surface area contributed by atoms with Crippen LogP contribution in [0, 0.1) is 13.8 Å². The Labute approximate surface area is 177 Å². The Bertz CT molecular complexity index is 1320. The first-order valence-electron chi connectivity index (χ1n) is 9.72. The molecule has 0 atom stereocenters. The van der Waals surface area contributed by atoms with Crippen molar-refractivity contribution in [3.05, 3.63) is 68.9 Å². The molecule has 0 saturated carbocycles. The van der Waals surface area contributed by atoms with E-state index >= 15 is 0 Å². The van der Waals surface area contributed by atoms with E-state index in [1.165, 1.54) is 20.3 Å². The maximum atomic E-state index is 12.8. The zero-order valence-corrected chi connectivity index (χ0v) is 18.3. The van der Waals surface area contributed by atoms with Crippen molar-refractivity contribution in [3.8, 4) is 5.69 Å². The van der Waals surface area contributed by atoms with Gasteiger partial charge in [-0.1, -0.05) is 17.8 Å². The van der Waals surface area contributed by atoms with Gasteiger partial charge in [-0.05, 0) is 43.5 Å². The third kappa shape index (κ3) is 3.60. The SMILES string of the molecule is Cc1cc(C)cc(-n2ccnc2SCCCn2c(=O)c3c(ncn3C)n(C)c2=O)c1. The highest BCUT2D eigenvalue weighted by atomic mass is 32.2. The second-order valence-corrected chi connectivity index (χ2v) is 8.52. The van der Waals surface area contributed by atoms with Crippen LogP contribution in [0.25, 0.3) is 16.9 Å². The fourth-order valence-corrected chi connectivity index (χ4v) is 4.56. The Morgan fingerprint density at radius 3 is 2.50 bits per heavy atom. The Morgan fingerprint density at radius 2 is 1.77 bits per heavy atom. The number of benzene rings is 1. The highest BCUT2D eigenvalue weighted by Gasteiger charge is 2.15. The predicted molar refractivity (Wildman–Crippen MR) is 119 cm³/mol. The minimum absolute atomic E-state index is 0.296. The van der Waals surface area contributed by atoms with Crippen LogP contribution in [0.4, 0.5) is 0 Å². The van der Waals surface area contributed by atoms with Gasteiger partial charge in [0, 0.05) is 44.5 Å². The predicted octanol–water partition coefficient (Wildman–Crippen LogP) is 2.42. The molecule has 3 heterocycles. The number of rotatable bonds is 6. The normalized spacial score (nSPS) is 11.5. The average molecular weight is 425 g/mol. The Kier molecular flexibility index (Phi) is 5.38. The number of aromatic nitrogens is 6. The largest absolute Gasteiger partial charge is 0.332 e. The number of aryl methyl sites for hydroxylation is 4. The van der Waals surface area contributed by atoms with Gasteiger partial charge in [0.15, 0.2) is 16.3 Å². The molecule has 156 valence electrons. The van der Waals surface area contributed by atoms with Gasteiger partial charge in [-0.3, -0.25) is 18.5 Å². The molecular formula is C21H24N6O2S. The summed E-state index contributed by atoms with van der Waals surface area (Å²) in [4.78, 5) is 34.0. The summed E-state index contributed by atoms with van der Waals surface area (Å²) in [7, 11) is 3.40. The van der Waals surface area contributed by atoms with Gasteiger partial charge in [-0.15, -0.1) is 0 Å². The number of thioether (sulfide) groups is 1. The van der Waals surface area contributed by atoms with Crippen molar-refractivity contribution in [2.45, 2.75) is 32.0 Å². The number of fused-ring (bicyclic) bond motifs is 1. The minimum atomic E-state index is -0.340. The lowest BCUT2D eigenvalue weighted by Gasteiger charge is -2.10. The molecule has 0 bridgehead atoms. The van der Waals surface area contributed by atoms with E-state index in [9.17, 15) is 9.59 Å². The molecule has 0 unspecified atom stereocenters. The highest BCUT2D eigenvalue weighted by molar-refractivity contribution is 7.99. The van der Waals surface area contributed by atoms with E-state index in [1.54, 1.807) is 42.9 Å². The van der Waals surface area contributed by atoms with Crippen LogP contribution in [-0.2, 0) is 20.6 Å². The van der Waals surface area contributed by atoms with E-state index in [0.29, 0.717) is 24.1 Å². The summed E-state index contributed by atoms with van der Waals surface area (Å²) < 4.78 is 6.44. The van der Waals surface area contributed by atoms with E-state index in [1.807, 2.05) is 6.20 Å². The Hall–Kier alpha value is -3.07. The fourth-order valence-electron chi connectivity index (χ4n) is 3.66. The highest BCUT2D eigenvalue weighted by Crippen LogP contribution is 2.22. The molecule has 0 radical (unpaired) electrons. The number of nitrogens with zero attached hydrogens (tertiary/aromatic N) is 6. The van der Waals surface area contributed by atoms with Crippen LogP contribution in [-0.4, -0.2) is 34.0 Å². The van der Waals surface area contributed by atoms with Crippen molar-refractivity contribution in [3.63, 3.8) is 0 Å². The van der Waals surface area contributed by atoms with Crippen molar-refractivity contribution < 1.29 is 0 Å². The molecule has 30 heavy (non-hydrogen) atoms. The van der Waals surface area contributed by atoms with Crippen molar-refractivity contribution in [2.75, 3.05) is 5.75 Å². The number of hydrogen-bond acceptors (Lipinski definition) is 5. The van der Waals surface area contributed by atoms with Crippen LogP contribution in [0.15, 0.2) is 51.7 Å². The third-order valence-corrected chi connectivity index (χ3v) is 6.10. The molecule has 0 fully saturated rings. The van der Waals surface area contributed by atoms with Gasteiger partial charge < -0.3 is 4.57 Å². The first kappa shape index (κ1) is 20.2. The first-order valence-corrected chi connectivity index (χ1v) is 10.7. The van der Waals surface area contributed by atoms with Gasteiger partial charge in [-0.25, -0.2) is 14.8 Å². The van der Waals surface area contributed by atoms with E-state index < -0.39 is 0 Å². The molecule has 4 rings (SSSR count). The topological polar surface area (TPSA) is 79.6 Å². The zero-order chi connectivity index (χ0) is 21.4. The van der Waals surface area contributed by atoms with E-state index in [2.05, 4.69) is 46.6 Å². The maximum Gasteiger partial charge on any atom is 0.332 e. The maximum absolute atomic E-state index is 12.8. The van der Waals surface area contributed by atoms with Crippen molar-refractivity contribution in [1.82, 2.24) is 28.2 Å². The van der Waals surface area contributed by atoms with E-state index in [4.69, 9.17) is 0 Å². The zero-order valence-electron chi connectivity index (χ0n) is 17.5. The molecule has 8 nitrogen and oxygen atoms in total. The first-order chi connectivity index (χ1) is 14.4. The molecule has 3 aromatic heterocycles. The summed E-state index contributed by atoms with van der Waals surface area (Å²) in [6, 6.07) is 6.40. The number of imidazole rings is 2. The summed E-state index contributed by atoms with van der Waals surface area (Å²) in [6.45, 7) is 4.51. The summed E-state index contributed by atoms with van der Waals surface area (Å²) in [5.74, 6) is 0.737. The molecule has 0 N–H and O–H groups in total. The van der Waals surface area contributed by atoms with Crippen LogP contribution >= 0.6 is 11.8 Å². The summed E-state index contributed by atoms with van der Waals surface area (Å²) >= 11 is 1.61. The lowest BCUT2D eigenvalue weighted by Crippen LogP contribution is -2.39. The molecule has 0 spiro atoms. The minimum Gasteiger partial charge on any atom is -0.328 e. The van der Waals surface area contributed by atoms with Crippen LogP contribution < -0.4 is 11.2 Å². The van der Waals surface area contributed by atoms with Crippen LogP contribution in [0.1, 0.15) is 17.5 Å². The van der Waals surface area contributed by atoms with Crippen molar-refractivity contribution >= 4 is 22.9 Å². The Balaban J connectivity index is 1.50. The van der Waals surface area contributed by atoms with Crippen molar-refractivity contribution in [1.29, 1.82) is 0 Å². The second-order valence-electron chi connectivity index (χ2n) is 7.45. The molecule has 0 saturated heterocycles. The second kappa shape index (κ2) is 7.98. The smallest absolute Gasteiger partial charge is 0.328 e. The van der Waals surface area contributed by atoms with Crippen LogP contribution in [0.5, 0.6) is 0 Å². The monoisotopic (exact) mass is 424 g/mol. The molecular weight excluding hydrogens is 400 g/mol. The summed E-state index contributed by atoms with van der Waals surface area (Å²) in [6.07, 6.45) is 5.96. The van der Waals surface area contributed by atoms with Gasteiger partial charge >= 0.3 is 5.69 Å². The molecule has 0 aliphatic rings. The van der Waals surface area contributed by atoms with Gasteiger partial charge in [0.1, 0.15) is 0 Å². The van der Waals surface area contributed by atoms with E-state index in [-0.39, 0.29) is 11.2 Å². The van der Waals surface area contributed by atoms with Gasteiger partial charge in [0.25, 0.3) is 5.56 Å².